The van der Waals surface area contributed by atoms with Crippen LogP contribution in [0.5, 0.6) is 11.5 Å². The third-order valence-electron chi connectivity index (χ3n) is 3.34. The maximum atomic E-state index is 12.4. The number of aliphatic carboxylic acids is 1. The molecule has 1 aromatic carbocycles. The van der Waals surface area contributed by atoms with Crippen molar-refractivity contribution in [1.82, 2.24) is 4.90 Å². The Morgan fingerprint density at radius 1 is 1.27 bits per heavy atom. The second-order valence-electron chi connectivity index (χ2n) is 6.01. The van der Waals surface area contributed by atoms with E-state index in [2.05, 4.69) is 0 Å². The number of nitrogens with zero attached hydrogens (tertiary/aromatic N) is 1. The number of carboxylic acid groups (broad SMARTS) is 1. The Labute approximate surface area is 156 Å². The Morgan fingerprint density at radius 3 is 2.62 bits per heavy atom. The van der Waals surface area contributed by atoms with Crippen molar-refractivity contribution in [3.8, 4) is 11.5 Å². The molecule has 1 aromatic rings. The van der Waals surface area contributed by atoms with Crippen LogP contribution in [-0.2, 0) is 9.59 Å². The summed E-state index contributed by atoms with van der Waals surface area (Å²) in [6.07, 6.45) is 1.62. The van der Waals surface area contributed by atoms with Crippen LogP contribution in [0.25, 0.3) is 6.08 Å². The maximum Gasteiger partial charge on any atom is 0.341 e. The first-order valence-electron chi connectivity index (χ1n) is 8.18. The monoisotopic (exact) mass is 379 g/mol. The molecule has 2 rings (SSSR count). The van der Waals surface area contributed by atoms with Gasteiger partial charge in [0.15, 0.2) is 18.1 Å². The van der Waals surface area contributed by atoms with Crippen molar-refractivity contribution in [3.63, 3.8) is 0 Å². The third kappa shape index (κ3) is 5.01. The third-order valence-corrected chi connectivity index (χ3v) is 4.25. The molecule has 0 aliphatic carbocycles. The molecule has 8 heteroatoms. The quantitative estimate of drug-likeness (QED) is 0.693. The number of carbonyl (C=O) groups is 3. The molecule has 1 saturated heterocycles. The van der Waals surface area contributed by atoms with Crippen LogP contribution >= 0.6 is 11.8 Å². The summed E-state index contributed by atoms with van der Waals surface area (Å²) in [6, 6.07) is 4.91. The minimum Gasteiger partial charge on any atom is -0.490 e. The number of benzene rings is 1. The van der Waals surface area contributed by atoms with Crippen molar-refractivity contribution in [2.75, 3.05) is 19.8 Å². The fourth-order valence-electron chi connectivity index (χ4n) is 2.32. The Morgan fingerprint density at radius 2 is 2.00 bits per heavy atom. The SMILES string of the molecule is CCOc1cc(/C=C2\SC(=O)N(CC(C)C)C2=O)ccc1OCC(=O)O. The normalized spacial score (nSPS) is 15.8. The minimum absolute atomic E-state index is 0.193. The highest BCUT2D eigenvalue weighted by Gasteiger charge is 2.35. The molecule has 0 radical (unpaired) electrons. The summed E-state index contributed by atoms with van der Waals surface area (Å²) in [6.45, 7) is 5.96. The number of amides is 2. The Kier molecular flexibility index (Phi) is 6.68. The van der Waals surface area contributed by atoms with Crippen LogP contribution in [0.1, 0.15) is 26.3 Å². The van der Waals surface area contributed by atoms with Crippen molar-refractivity contribution in [2.24, 2.45) is 5.92 Å². The summed E-state index contributed by atoms with van der Waals surface area (Å²) < 4.78 is 10.7. The Balaban J connectivity index is 2.24. The highest BCUT2D eigenvalue weighted by atomic mass is 32.2. The van der Waals surface area contributed by atoms with Gasteiger partial charge in [-0.05, 0) is 48.4 Å². The minimum atomic E-state index is -1.09. The highest BCUT2D eigenvalue weighted by molar-refractivity contribution is 8.18. The molecule has 1 N–H and O–H groups in total. The number of thioether (sulfide) groups is 1. The second-order valence-corrected chi connectivity index (χ2v) is 7.00. The molecule has 1 aliphatic rings. The van der Waals surface area contributed by atoms with E-state index in [4.69, 9.17) is 14.6 Å². The molecule has 0 atom stereocenters. The fourth-order valence-corrected chi connectivity index (χ4v) is 3.16. The Hall–Kier alpha value is -2.48. The van der Waals surface area contributed by atoms with Gasteiger partial charge >= 0.3 is 5.97 Å². The number of ether oxygens (including phenoxy) is 2. The van der Waals surface area contributed by atoms with E-state index in [1.807, 2.05) is 13.8 Å². The van der Waals surface area contributed by atoms with Crippen LogP contribution < -0.4 is 9.47 Å². The van der Waals surface area contributed by atoms with Crippen LogP contribution in [0, 0.1) is 5.92 Å². The maximum absolute atomic E-state index is 12.4. The number of carbonyl (C=O) groups excluding carboxylic acids is 2. The molecule has 0 aromatic heterocycles. The molecule has 0 spiro atoms. The lowest BCUT2D eigenvalue weighted by Crippen LogP contribution is -2.31. The fraction of sp³-hybridized carbons (Fsp3) is 0.389. The van der Waals surface area contributed by atoms with Gasteiger partial charge in [0.2, 0.25) is 0 Å². The zero-order chi connectivity index (χ0) is 19.3. The standard InChI is InChI=1S/C18H21NO6S/c1-4-24-14-7-12(5-6-13(14)25-10-16(20)21)8-15-17(22)19(9-11(2)3)18(23)26-15/h5-8,11H,4,9-10H2,1-3H3,(H,20,21)/b15-8-. The van der Waals surface area contributed by atoms with E-state index in [0.717, 1.165) is 11.8 Å². The smallest absolute Gasteiger partial charge is 0.341 e. The molecule has 1 aliphatic heterocycles. The first-order valence-corrected chi connectivity index (χ1v) is 9.00. The van der Waals surface area contributed by atoms with Gasteiger partial charge in [-0.25, -0.2) is 4.79 Å². The molecule has 7 nitrogen and oxygen atoms in total. The van der Waals surface area contributed by atoms with E-state index in [9.17, 15) is 14.4 Å². The zero-order valence-electron chi connectivity index (χ0n) is 14.9. The van der Waals surface area contributed by atoms with Crippen LogP contribution in [0.3, 0.4) is 0 Å². The molecular formula is C18H21NO6S. The topological polar surface area (TPSA) is 93.1 Å². The second kappa shape index (κ2) is 8.75. The molecule has 0 saturated carbocycles. The summed E-state index contributed by atoms with van der Waals surface area (Å²) in [5, 5.41) is 8.45. The van der Waals surface area contributed by atoms with E-state index in [-0.39, 0.29) is 17.1 Å². The molecular weight excluding hydrogens is 358 g/mol. The lowest BCUT2D eigenvalue weighted by Gasteiger charge is -2.14. The summed E-state index contributed by atoms with van der Waals surface area (Å²) in [7, 11) is 0. The summed E-state index contributed by atoms with van der Waals surface area (Å²) in [5.74, 6) is -0.519. The van der Waals surface area contributed by atoms with Gasteiger partial charge in [0.1, 0.15) is 0 Å². The number of carboxylic acids is 1. The molecule has 2 amide bonds. The van der Waals surface area contributed by atoms with Gasteiger partial charge in [0, 0.05) is 6.54 Å². The van der Waals surface area contributed by atoms with Gasteiger partial charge in [-0.1, -0.05) is 19.9 Å². The predicted octanol–water partition coefficient (Wildman–Crippen LogP) is 3.24. The predicted molar refractivity (Wildman–Crippen MR) is 98.3 cm³/mol. The molecule has 140 valence electrons. The average molecular weight is 379 g/mol. The molecule has 26 heavy (non-hydrogen) atoms. The molecule has 0 bridgehead atoms. The molecule has 1 heterocycles. The highest BCUT2D eigenvalue weighted by Crippen LogP contribution is 2.35. The van der Waals surface area contributed by atoms with Crippen LogP contribution in [0.4, 0.5) is 4.79 Å². The van der Waals surface area contributed by atoms with E-state index >= 15 is 0 Å². The van der Waals surface area contributed by atoms with Gasteiger partial charge in [0.05, 0.1) is 11.5 Å². The van der Waals surface area contributed by atoms with E-state index in [0.29, 0.717) is 35.1 Å². The zero-order valence-corrected chi connectivity index (χ0v) is 15.7. The first-order chi connectivity index (χ1) is 12.3. The summed E-state index contributed by atoms with van der Waals surface area (Å²) >= 11 is 0.905. The van der Waals surface area contributed by atoms with Crippen molar-refractivity contribution in [1.29, 1.82) is 0 Å². The number of hydrogen-bond donors (Lipinski definition) is 1. The van der Waals surface area contributed by atoms with Crippen LogP contribution in [0.2, 0.25) is 0 Å². The molecule has 1 fully saturated rings. The van der Waals surface area contributed by atoms with Crippen LogP contribution in [0.15, 0.2) is 23.1 Å². The van der Waals surface area contributed by atoms with Gasteiger partial charge in [-0.3, -0.25) is 14.5 Å². The number of imide groups is 1. The van der Waals surface area contributed by atoms with Gasteiger partial charge in [-0.2, -0.15) is 0 Å². The number of hydrogen-bond acceptors (Lipinski definition) is 6. The average Bonchev–Trinajstić information content (AvgIpc) is 2.81. The number of rotatable bonds is 8. The van der Waals surface area contributed by atoms with Gasteiger partial charge < -0.3 is 14.6 Å². The van der Waals surface area contributed by atoms with Crippen LogP contribution in [-0.4, -0.2) is 46.9 Å². The first kappa shape index (κ1) is 19.8. The van der Waals surface area contributed by atoms with E-state index in [1.165, 1.54) is 4.90 Å². The van der Waals surface area contributed by atoms with Crippen molar-refractivity contribution in [3.05, 3.63) is 28.7 Å². The van der Waals surface area contributed by atoms with E-state index < -0.39 is 12.6 Å². The van der Waals surface area contributed by atoms with Crippen molar-refractivity contribution >= 4 is 35.0 Å². The van der Waals surface area contributed by atoms with Crippen molar-refractivity contribution < 1.29 is 29.0 Å². The summed E-state index contributed by atoms with van der Waals surface area (Å²) in [5.41, 5.74) is 0.658. The van der Waals surface area contributed by atoms with Gasteiger partial charge in [-0.15, -0.1) is 0 Å². The Bertz CT molecular complexity index is 743. The van der Waals surface area contributed by atoms with E-state index in [1.54, 1.807) is 31.2 Å². The molecule has 0 unspecified atom stereocenters. The van der Waals surface area contributed by atoms with Crippen molar-refractivity contribution in [2.45, 2.75) is 20.8 Å². The largest absolute Gasteiger partial charge is 0.490 e. The lowest BCUT2D eigenvalue weighted by atomic mass is 10.1. The lowest BCUT2D eigenvalue weighted by molar-refractivity contribution is -0.139. The van der Waals surface area contributed by atoms with Gasteiger partial charge in [0.25, 0.3) is 11.1 Å². The summed E-state index contributed by atoms with van der Waals surface area (Å²) in [4.78, 5) is 36.7.